The minimum atomic E-state index is 0.718. The molecule has 0 bridgehead atoms. The van der Waals surface area contributed by atoms with E-state index in [4.69, 9.17) is 0 Å². The Bertz CT molecular complexity index is 785. The normalized spacial score (nSPS) is 19.4. The van der Waals surface area contributed by atoms with Crippen LogP contribution in [0.2, 0.25) is 0 Å². The number of nitrogens with zero attached hydrogens (tertiary/aromatic N) is 3. The van der Waals surface area contributed by atoms with Gasteiger partial charge in [-0.2, -0.15) is 0 Å². The van der Waals surface area contributed by atoms with E-state index in [0.29, 0.717) is 0 Å². The Balaban J connectivity index is 1.45. The quantitative estimate of drug-likeness (QED) is 0.802. The fraction of sp³-hybridized carbons (Fsp3) is 0.421. The summed E-state index contributed by atoms with van der Waals surface area (Å²) in [5.41, 5.74) is 2.67. The molecule has 120 valence electrons. The third kappa shape index (κ3) is 3.04. The maximum Gasteiger partial charge on any atom is 0.108 e. The molecule has 1 aliphatic heterocycles. The largest absolute Gasteiger partial charge is 0.361 e. The first-order valence-electron chi connectivity index (χ1n) is 8.53. The highest BCUT2D eigenvalue weighted by atomic mass is 15.1. The highest BCUT2D eigenvalue weighted by molar-refractivity contribution is 5.82. The summed E-state index contributed by atoms with van der Waals surface area (Å²) in [5.74, 6) is 1.93. The van der Waals surface area contributed by atoms with Crippen LogP contribution in [0.15, 0.2) is 42.9 Å². The molecule has 4 rings (SSSR count). The van der Waals surface area contributed by atoms with Crippen molar-refractivity contribution in [3.8, 4) is 0 Å². The van der Waals surface area contributed by atoms with E-state index in [1.807, 2.05) is 18.6 Å². The molecule has 3 aromatic rings. The SMILES string of the molecule is Cn1ccnc1CC1CCCN(Cc2cccc3[nH]ccc23)C1. The molecule has 0 spiro atoms. The lowest BCUT2D eigenvalue weighted by atomic mass is 9.94. The number of piperidine rings is 1. The zero-order valence-corrected chi connectivity index (χ0v) is 13.7. The average Bonchev–Trinajstić information content (AvgIpc) is 3.18. The summed E-state index contributed by atoms with van der Waals surface area (Å²) in [5, 5.41) is 1.36. The standard InChI is InChI=1S/C19H24N4/c1-22-11-9-21-19(22)12-15-4-3-10-23(13-15)14-16-5-2-6-18-17(16)7-8-20-18/h2,5-9,11,15,20H,3-4,10,12-14H2,1H3. The fourth-order valence-corrected chi connectivity index (χ4v) is 3.84. The van der Waals surface area contributed by atoms with Gasteiger partial charge < -0.3 is 9.55 Å². The zero-order chi connectivity index (χ0) is 15.6. The van der Waals surface area contributed by atoms with Crippen LogP contribution in [0.5, 0.6) is 0 Å². The van der Waals surface area contributed by atoms with Gasteiger partial charge in [-0.05, 0) is 43.0 Å². The molecular weight excluding hydrogens is 284 g/mol. The lowest BCUT2D eigenvalue weighted by molar-refractivity contribution is 0.166. The molecule has 1 aromatic carbocycles. The maximum atomic E-state index is 4.49. The predicted octanol–water partition coefficient (Wildman–Crippen LogP) is 3.36. The van der Waals surface area contributed by atoms with Crippen molar-refractivity contribution in [3.63, 3.8) is 0 Å². The first-order chi connectivity index (χ1) is 11.3. The Kier molecular flexibility index (Phi) is 3.92. The number of fused-ring (bicyclic) bond motifs is 1. The van der Waals surface area contributed by atoms with Gasteiger partial charge in [0.25, 0.3) is 0 Å². The van der Waals surface area contributed by atoms with E-state index in [-0.39, 0.29) is 0 Å². The van der Waals surface area contributed by atoms with Crippen molar-refractivity contribution in [2.75, 3.05) is 13.1 Å². The Morgan fingerprint density at radius 3 is 3.13 bits per heavy atom. The highest BCUT2D eigenvalue weighted by Gasteiger charge is 2.22. The number of nitrogens with one attached hydrogen (secondary N) is 1. The van der Waals surface area contributed by atoms with Gasteiger partial charge in [0.2, 0.25) is 0 Å². The van der Waals surface area contributed by atoms with E-state index in [1.165, 1.54) is 48.2 Å². The minimum Gasteiger partial charge on any atom is -0.361 e. The van der Waals surface area contributed by atoms with Crippen LogP contribution in [0.1, 0.15) is 24.2 Å². The summed E-state index contributed by atoms with van der Waals surface area (Å²) in [6.45, 7) is 3.43. The molecule has 0 saturated carbocycles. The van der Waals surface area contributed by atoms with Crippen LogP contribution in [0, 0.1) is 5.92 Å². The number of imidazole rings is 1. The summed E-state index contributed by atoms with van der Waals surface area (Å²) in [6, 6.07) is 8.76. The van der Waals surface area contributed by atoms with Crippen LogP contribution in [-0.2, 0) is 20.0 Å². The van der Waals surface area contributed by atoms with Crippen molar-refractivity contribution in [1.82, 2.24) is 19.4 Å². The third-order valence-corrected chi connectivity index (χ3v) is 5.07. The second-order valence-corrected chi connectivity index (χ2v) is 6.76. The van der Waals surface area contributed by atoms with Gasteiger partial charge >= 0.3 is 0 Å². The number of H-pyrrole nitrogens is 1. The smallest absolute Gasteiger partial charge is 0.108 e. The van der Waals surface area contributed by atoms with Crippen LogP contribution in [0.4, 0.5) is 0 Å². The highest BCUT2D eigenvalue weighted by Crippen LogP contribution is 2.24. The molecule has 0 amide bonds. The predicted molar refractivity (Wildman–Crippen MR) is 93.2 cm³/mol. The second kappa shape index (κ2) is 6.20. The van der Waals surface area contributed by atoms with Gasteiger partial charge in [-0.25, -0.2) is 4.98 Å². The van der Waals surface area contributed by atoms with Crippen LogP contribution in [0.25, 0.3) is 10.9 Å². The zero-order valence-electron chi connectivity index (χ0n) is 13.7. The molecule has 1 fully saturated rings. The van der Waals surface area contributed by atoms with Crippen LogP contribution >= 0.6 is 0 Å². The van der Waals surface area contributed by atoms with E-state index >= 15 is 0 Å². The Morgan fingerprint density at radius 1 is 1.30 bits per heavy atom. The number of aromatic amines is 1. The molecular formula is C19H24N4. The van der Waals surface area contributed by atoms with Crippen molar-refractivity contribution < 1.29 is 0 Å². The Hall–Kier alpha value is -2.07. The van der Waals surface area contributed by atoms with Crippen molar-refractivity contribution >= 4 is 10.9 Å². The number of hydrogen-bond donors (Lipinski definition) is 1. The van der Waals surface area contributed by atoms with E-state index in [2.05, 4.69) is 50.7 Å². The van der Waals surface area contributed by atoms with Crippen molar-refractivity contribution in [1.29, 1.82) is 0 Å². The summed E-state index contributed by atoms with van der Waals surface area (Å²) in [4.78, 5) is 10.4. The topological polar surface area (TPSA) is 36.9 Å². The number of aryl methyl sites for hydroxylation is 1. The summed E-state index contributed by atoms with van der Waals surface area (Å²) in [7, 11) is 2.09. The number of likely N-dealkylation sites (tertiary alicyclic amines) is 1. The van der Waals surface area contributed by atoms with E-state index < -0.39 is 0 Å². The van der Waals surface area contributed by atoms with Crippen LogP contribution in [-0.4, -0.2) is 32.5 Å². The molecule has 1 aliphatic rings. The molecule has 1 atom stereocenters. The van der Waals surface area contributed by atoms with Gasteiger partial charge in [0.05, 0.1) is 0 Å². The fourth-order valence-electron chi connectivity index (χ4n) is 3.84. The van der Waals surface area contributed by atoms with Gasteiger partial charge in [0, 0.05) is 56.1 Å². The maximum absolute atomic E-state index is 4.49. The second-order valence-electron chi connectivity index (χ2n) is 6.76. The van der Waals surface area contributed by atoms with Crippen LogP contribution in [0.3, 0.4) is 0 Å². The summed E-state index contributed by atoms with van der Waals surface area (Å²) >= 11 is 0. The molecule has 4 heteroatoms. The van der Waals surface area contributed by atoms with Gasteiger partial charge in [0.1, 0.15) is 5.82 Å². The minimum absolute atomic E-state index is 0.718. The van der Waals surface area contributed by atoms with Gasteiger partial charge in [0.15, 0.2) is 0 Å². The Labute approximate surface area is 137 Å². The molecule has 1 N–H and O–H groups in total. The number of rotatable bonds is 4. The first kappa shape index (κ1) is 14.5. The lowest BCUT2D eigenvalue weighted by Gasteiger charge is -2.32. The van der Waals surface area contributed by atoms with Crippen molar-refractivity contribution in [2.45, 2.75) is 25.8 Å². The van der Waals surface area contributed by atoms with Gasteiger partial charge in [-0.1, -0.05) is 12.1 Å². The summed E-state index contributed by atoms with van der Waals surface area (Å²) < 4.78 is 2.15. The van der Waals surface area contributed by atoms with E-state index in [9.17, 15) is 0 Å². The van der Waals surface area contributed by atoms with Gasteiger partial charge in [-0.15, -0.1) is 0 Å². The molecule has 1 unspecified atom stereocenters. The molecule has 0 radical (unpaired) electrons. The number of benzene rings is 1. The van der Waals surface area contributed by atoms with E-state index in [0.717, 1.165) is 18.9 Å². The third-order valence-electron chi connectivity index (χ3n) is 5.07. The van der Waals surface area contributed by atoms with Crippen LogP contribution < -0.4 is 0 Å². The van der Waals surface area contributed by atoms with Crippen molar-refractivity contribution in [3.05, 3.63) is 54.2 Å². The first-order valence-corrected chi connectivity index (χ1v) is 8.53. The lowest BCUT2D eigenvalue weighted by Crippen LogP contribution is -2.36. The monoisotopic (exact) mass is 308 g/mol. The molecule has 4 nitrogen and oxygen atoms in total. The molecule has 0 aliphatic carbocycles. The molecule has 3 heterocycles. The average molecular weight is 308 g/mol. The van der Waals surface area contributed by atoms with Crippen molar-refractivity contribution in [2.24, 2.45) is 13.0 Å². The Morgan fingerprint density at radius 2 is 2.26 bits per heavy atom. The van der Waals surface area contributed by atoms with Gasteiger partial charge in [-0.3, -0.25) is 4.90 Å². The molecule has 1 saturated heterocycles. The van der Waals surface area contributed by atoms with E-state index in [1.54, 1.807) is 0 Å². The molecule has 2 aromatic heterocycles. The number of hydrogen-bond acceptors (Lipinski definition) is 2. The molecule has 23 heavy (non-hydrogen) atoms. The summed E-state index contributed by atoms with van der Waals surface area (Å²) in [6.07, 6.45) is 9.68. The number of aromatic nitrogens is 3.